The highest BCUT2D eigenvalue weighted by Crippen LogP contribution is 2.55. The van der Waals surface area contributed by atoms with E-state index in [2.05, 4.69) is 10.5 Å². The summed E-state index contributed by atoms with van der Waals surface area (Å²) in [6, 6.07) is 0.0811. The predicted molar refractivity (Wildman–Crippen MR) is 131 cm³/mol. The fraction of sp³-hybridized carbons (Fsp3) is 0.815. The van der Waals surface area contributed by atoms with Crippen LogP contribution < -0.4 is 10.1 Å². The van der Waals surface area contributed by atoms with Crippen molar-refractivity contribution in [1.82, 2.24) is 10.5 Å². The molecule has 8 heteroatoms. The van der Waals surface area contributed by atoms with Crippen molar-refractivity contribution in [2.75, 3.05) is 6.61 Å². The molecule has 6 saturated carbocycles. The standard InChI is InChI=1S/C27H38N2O5S/c1-16(30)26(8-4-5-9-26)15-33-25-23(35-20-6-2-3-7-20)22(34-29-25)24(31)28-21-18-10-17-11-19(21)14-27(32,12-17)13-18/h17-21,32H,2-15H2,1H3,(H,28,31). The Labute approximate surface area is 211 Å². The number of carbonyl (C=O) groups is 2. The number of aliphatic hydroxyl groups is 1. The van der Waals surface area contributed by atoms with Gasteiger partial charge in [0.25, 0.3) is 11.8 Å². The normalized spacial score (nSPS) is 35.5. The summed E-state index contributed by atoms with van der Waals surface area (Å²) < 4.78 is 11.8. The maximum atomic E-state index is 13.5. The van der Waals surface area contributed by atoms with Crippen LogP contribution in [-0.4, -0.2) is 45.5 Å². The molecule has 1 aromatic heterocycles. The van der Waals surface area contributed by atoms with Gasteiger partial charge in [-0.05, 0) is 87.6 Å². The molecule has 4 bridgehead atoms. The van der Waals surface area contributed by atoms with Crippen LogP contribution >= 0.6 is 11.8 Å². The van der Waals surface area contributed by atoms with Crippen LogP contribution in [0, 0.1) is 23.2 Å². The molecule has 2 atom stereocenters. The van der Waals surface area contributed by atoms with Gasteiger partial charge in [-0.3, -0.25) is 9.59 Å². The van der Waals surface area contributed by atoms with Crippen LogP contribution in [-0.2, 0) is 4.79 Å². The van der Waals surface area contributed by atoms with E-state index in [1.807, 2.05) is 0 Å². The third-order valence-corrected chi connectivity index (χ3v) is 11.1. The van der Waals surface area contributed by atoms with Crippen molar-refractivity contribution in [2.45, 2.75) is 112 Å². The van der Waals surface area contributed by atoms with Gasteiger partial charge in [-0.15, -0.1) is 11.8 Å². The third kappa shape index (κ3) is 4.43. The second-order valence-corrected chi connectivity index (χ2v) is 13.5. The summed E-state index contributed by atoms with van der Waals surface area (Å²) in [6.45, 7) is 1.95. The van der Waals surface area contributed by atoms with Crippen LogP contribution in [0.15, 0.2) is 9.42 Å². The molecule has 35 heavy (non-hydrogen) atoms. The number of amides is 1. The van der Waals surface area contributed by atoms with Gasteiger partial charge in [0.15, 0.2) is 0 Å². The quantitative estimate of drug-likeness (QED) is 0.521. The van der Waals surface area contributed by atoms with Gasteiger partial charge < -0.3 is 19.7 Å². The molecule has 192 valence electrons. The number of aromatic nitrogens is 1. The Balaban J connectivity index is 1.21. The first-order valence-electron chi connectivity index (χ1n) is 13.7. The van der Waals surface area contributed by atoms with Crippen LogP contribution in [0.1, 0.15) is 101 Å². The van der Waals surface area contributed by atoms with E-state index in [0.717, 1.165) is 70.6 Å². The van der Waals surface area contributed by atoms with E-state index >= 15 is 0 Å². The number of ether oxygens (including phenoxy) is 1. The lowest BCUT2D eigenvalue weighted by atomic mass is 9.52. The van der Waals surface area contributed by atoms with E-state index in [9.17, 15) is 14.7 Å². The van der Waals surface area contributed by atoms with Gasteiger partial charge in [0, 0.05) is 11.3 Å². The van der Waals surface area contributed by atoms with Crippen molar-refractivity contribution in [2.24, 2.45) is 23.2 Å². The van der Waals surface area contributed by atoms with E-state index in [1.165, 1.54) is 12.8 Å². The molecule has 0 spiro atoms. The molecule has 7 rings (SSSR count). The monoisotopic (exact) mass is 502 g/mol. The van der Waals surface area contributed by atoms with E-state index in [1.54, 1.807) is 18.7 Å². The molecule has 0 saturated heterocycles. The summed E-state index contributed by atoms with van der Waals surface area (Å²) in [5, 5.41) is 18.8. The molecule has 6 fully saturated rings. The van der Waals surface area contributed by atoms with Crippen molar-refractivity contribution < 1.29 is 24.0 Å². The van der Waals surface area contributed by atoms with Crippen molar-refractivity contribution >= 4 is 23.5 Å². The van der Waals surface area contributed by atoms with Crippen molar-refractivity contribution in [3.8, 4) is 5.88 Å². The second-order valence-electron chi connectivity index (χ2n) is 12.2. The molecule has 1 heterocycles. The minimum atomic E-state index is -0.526. The zero-order valence-electron chi connectivity index (χ0n) is 20.7. The molecule has 1 amide bonds. The fourth-order valence-corrected chi connectivity index (χ4v) is 9.41. The number of Topliss-reactive ketones (excluding diaryl/α,β-unsaturated/α-hetero) is 1. The van der Waals surface area contributed by atoms with Crippen LogP contribution in [0.25, 0.3) is 0 Å². The number of thioether (sulfide) groups is 1. The van der Waals surface area contributed by atoms with E-state index in [-0.39, 0.29) is 23.5 Å². The minimum absolute atomic E-state index is 0.0811. The lowest BCUT2D eigenvalue weighted by Crippen LogP contribution is -2.61. The molecule has 0 aromatic carbocycles. The van der Waals surface area contributed by atoms with E-state index < -0.39 is 11.0 Å². The summed E-state index contributed by atoms with van der Waals surface area (Å²) in [5.41, 5.74) is -0.974. The summed E-state index contributed by atoms with van der Waals surface area (Å²) in [4.78, 5) is 26.6. The Morgan fingerprint density at radius 3 is 2.43 bits per heavy atom. The smallest absolute Gasteiger partial charge is 0.291 e. The van der Waals surface area contributed by atoms with E-state index in [0.29, 0.717) is 40.4 Å². The maximum Gasteiger partial charge on any atom is 0.291 e. The first-order chi connectivity index (χ1) is 16.8. The topological polar surface area (TPSA) is 102 Å². The number of hydrogen-bond donors (Lipinski definition) is 2. The van der Waals surface area contributed by atoms with Crippen LogP contribution in [0.2, 0.25) is 0 Å². The van der Waals surface area contributed by atoms with E-state index in [4.69, 9.17) is 9.26 Å². The summed E-state index contributed by atoms with van der Waals surface area (Å²) in [7, 11) is 0. The predicted octanol–water partition coefficient (Wildman–Crippen LogP) is 4.91. The highest BCUT2D eigenvalue weighted by Gasteiger charge is 2.55. The number of rotatable bonds is 8. The number of nitrogens with zero attached hydrogens (tertiary/aromatic N) is 1. The minimum Gasteiger partial charge on any atom is -0.474 e. The van der Waals surface area contributed by atoms with Crippen molar-refractivity contribution in [1.29, 1.82) is 0 Å². The van der Waals surface area contributed by atoms with Crippen LogP contribution in [0.3, 0.4) is 0 Å². The van der Waals surface area contributed by atoms with Gasteiger partial charge in [-0.25, -0.2) is 0 Å². The molecule has 2 unspecified atom stereocenters. The first-order valence-corrected chi connectivity index (χ1v) is 14.6. The molecular formula is C27H38N2O5S. The van der Waals surface area contributed by atoms with Gasteiger partial charge in [0.1, 0.15) is 17.3 Å². The number of hydrogen-bond acceptors (Lipinski definition) is 7. The number of nitrogens with one attached hydrogen (secondary N) is 1. The Hall–Kier alpha value is -1.54. The van der Waals surface area contributed by atoms with Crippen LogP contribution in [0.4, 0.5) is 0 Å². The Morgan fingerprint density at radius 2 is 1.80 bits per heavy atom. The molecule has 7 nitrogen and oxygen atoms in total. The molecule has 0 aliphatic heterocycles. The highest BCUT2D eigenvalue weighted by atomic mass is 32.2. The largest absolute Gasteiger partial charge is 0.474 e. The van der Waals surface area contributed by atoms with Crippen LogP contribution in [0.5, 0.6) is 5.88 Å². The summed E-state index contributed by atoms with van der Waals surface area (Å²) >= 11 is 1.65. The second kappa shape index (κ2) is 9.09. The van der Waals surface area contributed by atoms with Crippen molar-refractivity contribution in [3.63, 3.8) is 0 Å². The maximum absolute atomic E-state index is 13.5. The van der Waals surface area contributed by atoms with Gasteiger partial charge in [0.05, 0.1) is 11.0 Å². The van der Waals surface area contributed by atoms with Gasteiger partial charge in [0.2, 0.25) is 5.76 Å². The fourth-order valence-electron chi connectivity index (χ4n) is 8.07. The highest BCUT2D eigenvalue weighted by molar-refractivity contribution is 8.00. The molecule has 0 radical (unpaired) electrons. The first kappa shape index (κ1) is 23.8. The van der Waals surface area contributed by atoms with Crippen molar-refractivity contribution in [3.05, 3.63) is 5.76 Å². The number of carbonyl (C=O) groups excluding carboxylic acids is 2. The molecule has 6 aliphatic rings. The molecular weight excluding hydrogens is 464 g/mol. The molecule has 6 aliphatic carbocycles. The molecule has 1 aromatic rings. The lowest BCUT2D eigenvalue weighted by Gasteiger charge is -2.58. The summed E-state index contributed by atoms with van der Waals surface area (Å²) in [6.07, 6.45) is 13.1. The Kier molecular flexibility index (Phi) is 6.19. The van der Waals surface area contributed by atoms with Gasteiger partial charge in [-0.2, -0.15) is 0 Å². The lowest BCUT2D eigenvalue weighted by molar-refractivity contribution is -0.137. The zero-order valence-corrected chi connectivity index (χ0v) is 21.5. The SMILES string of the molecule is CC(=O)C1(COc2noc(C(=O)NC3C4CC5CC3CC(O)(C5)C4)c2SC2CCCC2)CCCC1. The Morgan fingerprint density at radius 1 is 1.11 bits per heavy atom. The average Bonchev–Trinajstić information content (AvgIpc) is 3.56. The zero-order chi connectivity index (χ0) is 24.2. The van der Waals surface area contributed by atoms with Gasteiger partial charge >= 0.3 is 0 Å². The average molecular weight is 503 g/mol. The third-order valence-electron chi connectivity index (χ3n) is 9.74. The Bertz CT molecular complexity index is 964. The van der Waals surface area contributed by atoms with Gasteiger partial charge in [-0.1, -0.05) is 25.7 Å². The number of ketones is 1. The summed E-state index contributed by atoms with van der Waals surface area (Å²) in [5.74, 6) is 1.81. The molecule has 2 N–H and O–H groups in total.